The molecule has 4 nitrogen and oxygen atoms in total. The van der Waals surface area contributed by atoms with Crippen molar-refractivity contribution in [2.45, 2.75) is 0 Å². The molecule has 1 amide bonds. The number of oxazole rings is 1. The van der Waals surface area contributed by atoms with E-state index in [4.69, 9.17) is 16.0 Å². The number of rotatable bonds is 1. The average Bonchev–Trinajstić information content (AvgIpc) is 2.94. The van der Waals surface area contributed by atoms with Crippen molar-refractivity contribution in [1.82, 2.24) is 10.3 Å². The molecule has 2 aromatic rings. The summed E-state index contributed by atoms with van der Waals surface area (Å²) in [7, 11) is 1.50. The highest BCUT2D eigenvalue weighted by Gasteiger charge is 2.09. The number of carbonyl (C=O) groups excluding carboxylic acids is 1. The molecule has 1 N–H and O–H groups in total. The lowest BCUT2D eigenvalue weighted by Crippen LogP contribution is -2.17. The van der Waals surface area contributed by atoms with Crippen LogP contribution in [-0.2, 0) is 0 Å². The van der Waals surface area contributed by atoms with Gasteiger partial charge in [0, 0.05) is 7.05 Å². The SMILES string of the molecule is CNC(=O)c1ncc(C#Cc2ccsc2Cl)o1. The Kier molecular flexibility index (Phi) is 3.47. The molecule has 6 heteroatoms. The highest BCUT2D eigenvalue weighted by Crippen LogP contribution is 2.21. The van der Waals surface area contributed by atoms with Crippen LogP contribution in [0.5, 0.6) is 0 Å². The van der Waals surface area contributed by atoms with E-state index >= 15 is 0 Å². The molecule has 0 aliphatic carbocycles. The van der Waals surface area contributed by atoms with Gasteiger partial charge in [-0.15, -0.1) is 11.3 Å². The minimum absolute atomic E-state index is 0.00628. The minimum atomic E-state index is -0.383. The number of nitrogens with zero attached hydrogens (tertiary/aromatic N) is 1. The van der Waals surface area contributed by atoms with Gasteiger partial charge in [-0.1, -0.05) is 17.5 Å². The smallest absolute Gasteiger partial charge is 0.306 e. The molecule has 17 heavy (non-hydrogen) atoms. The largest absolute Gasteiger partial charge is 0.424 e. The van der Waals surface area contributed by atoms with Gasteiger partial charge in [-0.25, -0.2) is 4.98 Å². The number of hydrogen-bond acceptors (Lipinski definition) is 4. The molecule has 2 heterocycles. The zero-order chi connectivity index (χ0) is 12.3. The Hall–Kier alpha value is -1.77. The summed E-state index contributed by atoms with van der Waals surface area (Å²) in [5.41, 5.74) is 0.731. The second-order valence-electron chi connectivity index (χ2n) is 2.97. The average molecular weight is 267 g/mol. The Labute approximate surface area is 107 Å². The fraction of sp³-hybridized carbons (Fsp3) is 0.0909. The molecule has 0 aromatic carbocycles. The topological polar surface area (TPSA) is 55.1 Å². The monoisotopic (exact) mass is 266 g/mol. The van der Waals surface area contributed by atoms with Crippen molar-refractivity contribution in [3.63, 3.8) is 0 Å². The maximum absolute atomic E-state index is 11.2. The second kappa shape index (κ2) is 5.04. The van der Waals surface area contributed by atoms with Gasteiger partial charge in [0.15, 0.2) is 5.76 Å². The lowest BCUT2D eigenvalue weighted by Gasteiger charge is -1.89. The normalized spacial score (nSPS) is 9.53. The van der Waals surface area contributed by atoms with Crippen LogP contribution in [0.25, 0.3) is 0 Å². The molecule has 0 spiro atoms. The summed E-state index contributed by atoms with van der Waals surface area (Å²) in [6, 6.07) is 1.82. The summed E-state index contributed by atoms with van der Waals surface area (Å²) in [5, 5.41) is 4.26. The van der Waals surface area contributed by atoms with E-state index < -0.39 is 0 Å². The van der Waals surface area contributed by atoms with Gasteiger partial charge in [0.05, 0.1) is 11.8 Å². The van der Waals surface area contributed by atoms with Gasteiger partial charge in [-0.3, -0.25) is 4.79 Å². The number of halogens is 1. The molecule has 2 aromatic heterocycles. The van der Waals surface area contributed by atoms with Crippen molar-refractivity contribution in [2.24, 2.45) is 0 Å². The van der Waals surface area contributed by atoms with Crippen molar-refractivity contribution in [1.29, 1.82) is 0 Å². The van der Waals surface area contributed by atoms with Crippen LogP contribution < -0.4 is 5.32 Å². The Bertz CT molecular complexity index is 606. The van der Waals surface area contributed by atoms with E-state index in [-0.39, 0.29) is 11.8 Å². The molecule has 0 unspecified atom stereocenters. The zero-order valence-electron chi connectivity index (χ0n) is 8.78. The van der Waals surface area contributed by atoms with Crippen molar-refractivity contribution in [2.75, 3.05) is 7.05 Å². The van der Waals surface area contributed by atoms with E-state index in [2.05, 4.69) is 22.1 Å². The van der Waals surface area contributed by atoms with Crippen LogP contribution in [0.15, 0.2) is 22.1 Å². The van der Waals surface area contributed by atoms with E-state index in [0.29, 0.717) is 10.1 Å². The first-order valence-corrected chi connectivity index (χ1v) is 5.89. The molecule has 2 rings (SSSR count). The predicted octanol–water partition coefficient (Wildman–Crippen LogP) is 2.15. The van der Waals surface area contributed by atoms with Gasteiger partial charge in [0.2, 0.25) is 0 Å². The van der Waals surface area contributed by atoms with Crippen molar-refractivity contribution < 1.29 is 9.21 Å². The van der Waals surface area contributed by atoms with Gasteiger partial charge >= 0.3 is 5.91 Å². The number of hydrogen-bond donors (Lipinski definition) is 1. The third-order valence-corrected chi connectivity index (χ3v) is 3.04. The molecule has 0 aliphatic heterocycles. The Balaban J connectivity index is 2.20. The van der Waals surface area contributed by atoms with E-state index in [9.17, 15) is 4.79 Å². The van der Waals surface area contributed by atoms with Crippen LogP contribution in [-0.4, -0.2) is 17.9 Å². The van der Waals surface area contributed by atoms with Gasteiger partial charge in [-0.2, -0.15) is 0 Å². The molecule has 0 saturated carbocycles. The fourth-order valence-electron chi connectivity index (χ4n) is 1.05. The zero-order valence-corrected chi connectivity index (χ0v) is 10.4. The van der Waals surface area contributed by atoms with Crippen LogP contribution in [0.3, 0.4) is 0 Å². The maximum Gasteiger partial charge on any atom is 0.306 e. The number of aromatic nitrogens is 1. The molecular weight excluding hydrogens is 260 g/mol. The van der Waals surface area contributed by atoms with E-state index in [1.54, 1.807) is 0 Å². The lowest BCUT2D eigenvalue weighted by atomic mass is 10.3. The molecule has 0 bridgehead atoms. The molecule has 0 atom stereocenters. The minimum Gasteiger partial charge on any atom is -0.424 e. The lowest BCUT2D eigenvalue weighted by molar-refractivity contribution is 0.0928. The fourth-order valence-corrected chi connectivity index (χ4v) is 1.89. The predicted molar refractivity (Wildman–Crippen MR) is 65.2 cm³/mol. The molecular formula is C11H7ClN2O2S. The molecule has 0 radical (unpaired) electrons. The van der Waals surface area contributed by atoms with Gasteiger partial charge in [-0.05, 0) is 17.4 Å². The van der Waals surface area contributed by atoms with Gasteiger partial charge in [0.25, 0.3) is 5.89 Å². The summed E-state index contributed by atoms with van der Waals surface area (Å²) in [5.74, 6) is 5.53. The number of amides is 1. The summed E-state index contributed by atoms with van der Waals surface area (Å²) >= 11 is 7.30. The quantitative estimate of drug-likeness (QED) is 0.805. The number of nitrogens with one attached hydrogen (secondary N) is 1. The summed E-state index contributed by atoms with van der Waals surface area (Å²) in [6.07, 6.45) is 1.40. The standard InChI is InChI=1S/C11H7ClN2O2S/c1-13-10(15)11-14-6-8(16-11)3-2-7-4-5-17-9(7)12/h4-6H,1H3,(H,13,15). The third-order valence-electron chi connectivity index (χ3n) is 1.87. The Morgan fingerprint density at radius 2 is 2.41 bits per heavy atom. The van der Waals surface area contributed by atoms with Crippen LogP contribution in [0, 0.1) is 11.8 Å². The van der Waals surface area contributed by atoms with Crippen LogP contribution in [0.1, 0.15) is 22.0 Å². The Morgan fingerprint density at radius 1 is 1.59 bits per heavy atom. The molecule has 0 saturated heterocycles. The number of thiophene rings is 1. The first kappa shape index (κ1) is 11.7. The van der Waals surface area contributed by atoms with Crippen molar-refractivity contribution in [3.05, 3.63) is 39.2 Å². The van der Waals surface area contributed by atoms with Crippen LogP contribution in [0.4, 0.5) is 0 Å². The molecule has 0 aliphatic rings. The van der Waals surface area contributed by atoms with Gasteiger partial charge < -0.3 is 9.73 Å². The summed E-state index contributed by atoms with van der Waals surface area (Å²) in [4.78, 5) is 15.0. The molecule has 0 fully saturated rings. The van der Waals surface area contributed by atoms with E-state index in [0.717, 1.165) is 5.56 Å². The van der Waals surface area contributed by atoms with Gasteiger partial charge in [0.1, 0.15) is 4.34 Å². The molecule has 86 valence electrons. The number of carbonyl (C=O) groups is 1. The highest BCUT2D eigenvalue weighted by atomic mass is 35.5. The highest BCUT2D eigenvalue weighted by molar-refractivity contribution is 7.14. The first-order valence-electron chi connectivity index (χ1n) is 4.63. The van der Waals surface area contributed by atoms with Crippen LogP contribution >= 0.6 is 22.9 Å². The summed E-state index contributed by atoms with van der Waals surface area (Å²) in [6.45, 7) is 0. The van der Waals surface area contributed by atoms with Crippen molar-refractivity contribution >= 4 is 28.8 Å². The van der Waals surface area contributed by atoms with Crippen LogP contribution in [0.2, 0.25) is 4.34 Å². The maximum atomic E-state index is 11.2. The first-order chi connectivity index (χ1) is 8.20. The van der Waals surface area contributed by atoms with E-state index in [1.807, 2.05) is 11.4 Å². The Morgan fingerprint density at radius 3 is 3.06 bits per heavy atom. The van der Waals surface area contributed by atoms with Crippen molar-refractivity contribution in [3.8, 4) is 11.8 Å². The van der Waals surface area contributed by atoms with E-state index in [1.165, 1.54) is 24.6 Å². The summed E-state index contributed by atoms with van der Waals surface area (Å²) < 4.78 is 5.77. The third kappa shape index (κ3) is 2.67. The second-order valence-corrected chi connectivity index (χ2v) is 4.48.